The van der Waals surface area contributed by atoms with Crippen molar-refractivity contribution < 1.29 is 13.9 Å². The lowest BCUT2D eigenvalue weighted by molar-refractivity contribution is 0.355. The largest absolute Gasteiger partial charge is 0.493 e. The monoisotopic (exact) mass is 365 g/mol. The van der Waals surface area contributed by atoms with E-state index >= 15 is 0 Å². The third-order valence-electron chi connectivity index (χ3n) is 4.28. The highest BCUT2D eigenvalue weighted by molar-refractivity contribution is 5.66. The molecule has 27 heavy (non-hydrogen) atoms. The smallest absolute Gasteiger partial charge is 0.298 e. The van der Waals surface area contributed by atoms with Gasteiger partial charge in [0.2, 0.25) is 5.65 Å². The minimum absolute atomic E-state index is 0.242. The SMILES string of the molecule is COc1ccc(-c2cn3ccn(-c4cccc(F)c4)c(=O)c3n2)cc1OC. The molecule has 0 aliphatic heterocycles. The Morgan fingerprint density at radius 1 is 1.00 bits per heavy atom. The maximum Gasteiger partial charge on any atom is 0.298 e. The van der Waals surface area contributed by atoms with E-state index in [1.54, 1.807) is 61.5 Å². The van der Waals surface area contributed by atoms with Crippen molar-refractivity contribution >= 4 is 5.65 Å². The number of hydrogen-bond acceptors (Lipinski definition) is 4. The van der Waals surface area contributed by atoms with Crippen molar-refractivity contribution in [2.24, 2.45) is 0 Å². The first-order chi connectivity index (χ1) is 13.1. The van der Waals surface area contributed by atoms with E-state index in [4.69, 9.17) is 9.47 Å². The number of benzene rings is 2. The molecule has 0 radical (unpaired) electrons. The van der Waals surface area contributed by atoms with Crippen LogP contribution in [0.2, 0.25) is 0 Å². The van der Waals surface area contributed by atoms with Crippen LogP contribution in [0.5, 0.6) is 11.5 Å². The first-order valence-electron chi connectivity index (χ1n) is 8.19. The number of nitrogens with zero attached hydrogens (tertiary/aromatic N) is 3. The van der Waals surface area contributed by atoms with Crippen LogP contribution in [0.3, 0.4) is 0 Å². The molecule has 0 N–H and O–H groups in total. The molecule has 0 aliphatic rings. The number of halogens is 1. The number of fused-ring (bicyclic) bond motifs is 1. The van der Waals surface area contributed by atoms with Crippen molar-refractivity contribution in [1.82, 2.24) is 14.0 Å². The number of rotatable bonds is 4. The third kappa shape index (κ3) is 2.93. The van der Waals surface area contributed by atoms with Gasteiger partial charge in [0.25, 0.3) is 5.56 Å². The van der Waals surface area contributed by atoms with Crippen LogP contribution in [0.25, 0.3) is 22.6 Å². The molecule has 0 aliphatic carbocycles. The third-order valence-corrected chi connectivity index (χ3v) is 4.28. The maximum absolute atomic E-state index is 13.5. The minimum Gasteiger partial charge on any atom is -0.493 e. The first kappa shape index (κ1) is 16.8. The molecule has 0 unspecified atom stereocenters. The molecule has 6 nitrogen and oxygen atoms in total. The van der Waals surface area contributed by atoms with Crippen LogP contribution in [0.1, 0.15) is 0 Å². The van der Waals surface area contributed by atoms with Gasteiger partial charge in [-0.15, -0.1) is 0 Å². The van der Waals surface area contributed by atoms with Crippen LogP contribution in [-0.2, 0) is 0 Å². The molecule has 2 heterocycles. The van der Waals surface area contributed by atoms with Gasteiger partial charge in [-0.05, 0) is 36.4 Å². The van der Waals surface area contributed by atoms with Gasteiger partial charge in [0.15, 0.2) is 11.5 Å². The highest BCUT2D eigenvalue weighted by atomic mass is 19.1. The summed E-state index contributed by atoms with van der Waals surface area (Å²) < 4.78 is 27.1. The van der Waals surface area contributed by atoms with Crippen molar-refractivity contribution in [1.29, 1.82) is 0 Å². The van der Waals surface area contributed by atoms with Crippen LogP contribution >= 0.6 is 0 Å². The van der Waals surface area contributed by atoms with Gasteiger partial charge < -0.3 is 13.9 Å². The number of aromatic nitrogens is 3. The molecule has 2 aromatic heterocycles. The van der Waals surface area contributed by atoms with Crippen LogP contribution < -0.4 is 15.0 Å². The summed E-state index contributed by atoms with van der Waals surface area (Å²) in [5, 5.41) is 0. The fraction of sp³-hybridized carbons (Fsp3) is 0.100. The molecule has 4 rings (SSSR count). The molecule has 4 aromatic rings. The topological polar surface area (TPSA) is 57.8 Å². The van der Waals surface area contributed by atoms with Crippen molar-refractivity contribution in [3.05, 3.63) is 77.2 Å². The second-order valence-corrected chi connectivity index (χ2v) is 5.88. The van der Waals surface area contributed by atoms with Crippen LogP contribution in [0, 0.1) is 5.82 Å². The molecular weight excluding hydrogens is 349 g/mol. The summed E-state index contributed by atoms with van der Waals surface area (Å²) in [6.07, 6.45) is 5.05. The predicted octanol–water partition coefficient (Wildman–Crippen LogP) is 3.31. The summed E-state index contributed by atoms with van der Waals surface area (Å²) in [5.41, 5.74) is 1.75. The summed E-state index contributed by atoms with van der Waals surface area (Å²) in [4.78, 5) is 17.3. The number of ether oxygens (including phenoxy) is 2. The fourth-order valence-electron chi connectivity index (χ4n) is 2.94. The Labute approximate surface area is 154 Å². The standard InChI is InChI=1S/C20H16FN3O3/c1-26-17-7-6-13(10-18(17)27-2)16-12-23-8-9-24(20(25)19(23)22-16)15-5-3-4-14(21)11-15/h3-12H,1-2H3. The van der Waals surface area contributed by atoms with E-state index in [0.717, 1.165) is 5.56 Å². The molecule has 0 saturated heterocycles. The second-order valence-electron chi connectivity index (χ2n) is 5.88. The van der Waals surface area contributed by atoms with Crippen LogP contribution in [-0.4, -0.2) is 28.2 Å². The Kier molecular flexibility index (Phi) is 4.12. The zero-order valence-electron chi connectivity index (χ0n) is 14.7. The highest BCUT2D eigenvalue weighted by Gasteiger charge is 2.12. The van der Waals surface area contributed by atoms with Gasteiger partial charge in [-0.3, -0.25) is 9.36 Å². The van der Waals surface area contributed by atoms with Gasteiger partial charge in [-0.25, -0.2) is 9.37 Å². The van der Waals surface area contributed by atoms with Gasteiger partial charge in [-0.1, -0.05) is 6.07 Å². The van der Waals surface area contributed by atoms with Gasteiger partial charge >= 0.3 is 0 Å². The molecule has 0 bridgehead atoms. The predicted molar refractivity (Wildman–Crippen MR) is 99.3 cm³/mol. The van der Waals surface area contributed by atoms with Crippen molar-refractivity contribution in [2.75, 3.05) is 14.2 Å². The van der Waals surface area contributed by atoms with Crippen molar-refractivity contribution in [3.8, 4) is 28.4 Å². The zero-order valence-corrected chi connectivity index (χ0v) is 14.7. The highest BCUT2D eigenvalue weighted by Crippen LogP contribution is 2.31. The lowest BCUT2D eigenvalue weighted by Crippen LogP contribution is -2.20. The average molecular weight is 365 g/mol. The van der Waals surface area contributed by atoms with E-state index in [-0.39, 0.29) is 11.2 Å². The molecule has 136 valence electrons. The molecule has 0 fully saturated rings. The van der Waals surface area contributed by atoms with Crippen molar-refractivity contribution in [2.45, 2.75) is 0 Å². The zero-order chi connectivity index (χ0) is 19.0. The molecule has 0 saturated carbocycles. The number of hydrogen-bond donors (Lipinski definition) is 0. The first-order valence-corrected chi connectivity index (χ1v) is 8.19. The van der Waals surface area contributed by atoms with Crippen molar-refractivity contribution in [3.63, 3.8) is 0 Å². The quantitative estimate of drug-likeness (QED) is 0.557. The Hall–Kier alpha value is -3.61. The molecule has 7 heteroatoms. The van der Waals surface area contributed by atoms with Gasteiger partial charge in [-0.2, -0.15) is 0 Å². The Balaban J connectivity index is 1.84. The molecule has 2 aromatic carbocycles. The van der Waals surface area contributed by atoms with E-state index in [0.29, 0.717) is 22.9 Å². The lowest BCUT2D eigenvalue weighted by atomic mass is 10.1. The second kappa shape index (κ2) is 6.60. The van der Waals surface area contributed by atoms with Gasteiger partial charge in [0, 0.05) is 24.2 Å². The Bertz CT molecular complexity index is 1200. The molecular formula is C20H16FN3O3. The summed E-state index contributed by atoms with van der Waals surface area (Å²) in [5.74, 6) is 0.774. The minimum atomic E-state index is -0.409. The normalized spacial score (nSPS) is 10.9. The lowest BCUT2D eigenvalue weighted by Gasteiger charge is -2.08. The Morgan fingerprint density at radius 3 is 2.56 bits per heavy atom. The van der Waals surface area contributed by atoms with Crippen LogP contribution in [0.15, 0.2) is 65.8 Å². The molecule has 0 spiro atoms. The molecule has 0 atom stereocenters. The van der Waals surface area contributed by atoms with E-state index in [9.17, 15) is 9.18 Å². The summed E-state index contributed by atoms with van der Waals surface area (Å²) in [6.45, 7) is 0. The van der Waals surface area contributed by atoms with Gasteiger partial charge in [0.1, 0.15) is 5.82 Å². The van der Waals surface area contributed by atoms with E-state index in [2.05, 4.69) is 4.98 Å². The number of imidazole rings is 1. The van der Waals surface area contributed by atoms with E-state index < -0.39 is 5.82 Å². The average Bonchev–Trinajstić information content (AvgIpc) is 3.13. The summed E-state index contributed by atoms with van der Waals surface area (Å²) >= 11 is 0. The van der Waals surface area contributed by atoms with Crippen LogP contribution in [0.4, 0.5) is 4.39 Å². The Morgan fingerprint density at radius 2 is 1.81 bits per heavy atom. The fourth-order valence-corrected chi connectivity index (χ4v) is 2.94. The van der Waals surface area contributed by atoms with E-state index in [1.807, 2.05) is 6.07 Å². The van der Waals surface area contributed by atoms with Gasteiger partial charge in [0.05, 0.1) is 25.6 Å². The number of methoxy groups -OCH3 is 2. The maximum atomic E-state index is 13.5. The summed E-state index contributed by atoms with van der Waals surface area (Å²) in [6, 6.07) is 11.3. The summed E-state index contributed by atoms with van der Waals surface area (Å²) in [7, 11) is 3.13. The van der Waals surface area contributed by atoms with E-state index in [1.165, 1.54) is 16.7 Å². The molecule has 0 amide bonds.